The Bertz CT molecular complexity index is 716. The molecule has 0 unspecified atom stereocenters. The maximum absolute atomic E-state index is 12.0. The Morgan fingerprint density at radius 2 is 2.05 bits per heavy atom. The van der Waals surface area contributed by atoms with Gasteiger partial charge in [-0.3, -0.25) is 10.1 Å². The van der Waals surface area contributed by atoms with Crippen LogP contribution in [0.3, 0.4) is 0 Å². The zero-order valence-corrected chi connectivity index (χ0v) is 13.6. The highest BCUT2D eigenvalue weighted by atomic mass is 79.9. The van der Waals surface area contributed by atoms with Crippen LogP contribution in [0.4, 0.5) is 5.69 Å². The third-order valence-corrected chi connectivity index (χ3v) is 5.51. The second-order valence-electron chi connectivity index (χ2n) is 4.46. The van der Waals surface area contributed by atoms with Crippen LogP contribution in [-0.2, 0) is 13.8 Å². The van der Waals surface area contributed by atoms with Crippen LogP contribution in [0.5, 0.6) is 0 Å². The molecule has 114 valence electrons. The maximum Gasteiger partial charge on any atom is 0.339 e. The van der Waals surface area contributed by atoms with Crippen LogP contribution >= 0.6 is 26.6 Å². The number of esters is 1. The van der Waals surface area contributed by atoms with Gasteiger partial charge >= 0.3 is 5.97 Å². The Morgan fingerprint density at radius 3 is 2.48 bits per heavy atom. The summed E-state index contributed by atoms with van der Waals surface area (Å²) in [5, 5.41) is 10.9. The molecule has 10 heteroatoms. The first-order chi connectivity index (χ1) is 9.70. The van der Waals surface area contributed by atoms with E-state index in [9.17, 15) is 23.3 Å². The number of ether oxygens (including phenoxy) is 1. The van der Waals surface area contributed by atoms with Gasteiger partial charge in [-0.2, -0.15) is 0 Å². The summed E-state index contributed by atoms with van der Waals surface area (Å²) in [6.45, 7) is 0. The van der Waals surface area contributed by atoms with Crippen LogP contribution in [0.2, 0.25) is 0 Å². The fourth-order valence-electron chi connectivity index (χ4n) is 1.72. The molecule has 1 aliphatic rings. The molecule has 0 atom stereocenters. The van der Waals surface area contributed by atoms with E-state index in [2.05, 4.69) is 15.9 Å². The fraction of sp³-hybridized carbons (Fsp3) is 0.364. The molecule has 1 fully saturated rings. The van der Waals surface area contributed by atoms with Crippen molar-refractivity contribution in [2.75, 3.05) is 0 Å². The van der Waals surface area contributed by atoms with Gasteiger partial charge in [0.25, 0.3) is 14.7 Å². The van der Waals surface area contributed by atoms with E-state index in [1.807, 2.05) is 0 Å². The Kier molecular flexibility index (Phi) is 4.54. The fourth-order valence-corrected chi connectivity index (χ4v) is 3.98. The van der Waals surface area contributed by atoms with Gasteiger partial charge in [0.05, 0.1) is 15.0 Å². The molecular weight excluding hydrogens is 390 g/mol. The van der Waals surface area contributed by atoms with E-state index in [0.29, 0.717) is 0 Å². The second kappa shape index (κ2) is 5.90. The van der Waals surface area contributed by atoms with Gasteiger partial charge in [0.15, 0.2) is 0 Å². The summed E-state index contributed by atoms with van der Waals surface area (Å²) in [6.07, 6.45) is 2.15. The monoisotopic (exact) mass is 397 g/mol. The molecule has 1 saturated carbocycles. The molecule has 0 amide bonds. The first-order valence-corrected chi connectivity index (χ1v) is 8.94. The van der Waals surface area contributed by atoms with Gasteiger partial charge < -0.3 is 4.74 Å². The van der Waals surface area contributed by atoms with Gasteiger partial charge in [-0.15, -0.1) is 0 Å². The Hall–Kier alpha value is -1.19. The Balaban J connectivity index is 2.50. The van der Waals surface area contributed by atoms with Gasteiger partial charge in [-0.1, -0.05) is 0 Å². The maximum atomic E-state index is 12.0. The number of carbonyl (C=O) groups excluding carboxylic acids is 1. The first-order valence-electron chi connectivity index (χ1n) is 5.83. The molecule has 0 aliphatic heterocycles. The molecule has 0 heterocycles. The molecule has 2 rings (SSSR count). The van der Waals surface area contributed by atoms with Crippen molar-refractivity contribution < 1.29 is 22.9 Å². The van der Waals surface area contributed by atoms with Crippen LogP contribution in [0.1, 0.15) is 29.6 Å². The standard InChI is InChI=1S/C11H9BrClNO6S/c12-10-8(11(15)20-7-2-1-3-7)4-6(14(16)17)5-9(10)21(13,18)19/h4-5,7H,1-3H2. The lowest BCUT2D eigenvalue weighted by atomic mass is 9.96. The largest absolute Gasteiger partial charge is 0.459 e. The molecule has 21 heavy (non-hydrogen) atoms. The Labute approximate surface area is 132 Å². The highest BCUT2D eigenvalue weighted by Gasteiger charge is 2.29. The average molecular weight is 399 g/mol. The van der Waals surface area contributed by atoms with Gasteiger partial charge in [-0.05, 0) is 35.2 Å². The van der Waals surface area contributed by atoms with Gasteiger partial charge in [0.1, 0.15) is 11.0 Å². The van der Waals surface area contributed by atoms with E-state index in [4.69, 9.17) is 15.4 Å². The number of rotatable bonds is 4. The predicted molar refractivity (Wildman–Crippen MR) is 76.9 cm³/mol. The van der Waals surface area contributed by atoms with Crippen molar-refractivity contribution in [2.24, 2.45) is 0 Å². The summed E-state index contributed by atoms with van der Waals surface area (Å²) in [5.74, 6) is -0.822. The van der Waals surface area contributed by atoms with Crippen molar-refractivity contribution in [2.45, 2.75) is 30.3 Å². The number of benzene rings is 1. The number of nitro benzene ring substituents is 1. The SMILES string of the molecule is O=C(OC1CCC1)c1cc([N+](=O)[O-])cc(S(=O)(=O)Cl)c1Br. The summed E-state index contributed by atoms with van der Waals surface area (Å²) in [5.41, 5.74) is -0.798. The van der Waals surface area contributed by atoms with E-state index in [-0.39, 0.29) is 16.1 Å². The highest BCUT2D eigenvalue weighted by molar-refractivity contribution is 9.10. The lowest BCUT2D eigenvalue weighted by molar-refractivity contribution is -0.385. The second-order valence-corrected chi connectivity index (χ2v) is 7.79. The summed E-state index contributed by atoms with van der Waals surface area (Å²) in [4.78, 5) is 21.5. The lowest BCUT2D eigenvalue weighted by Crippen LogP contribution is -2.25. The van der Waals surface area contributed by atoms with Crippen LogP contribution < -0.4 is 0 Å². The molecular formula is C11H9BrClNO6S. The topological polar surface area (TPSA) is 104 Å². The molecule has 0 N–H and O–H groups in total. The first kappa shape index (κ1) is 16.2. The van der Waals surface area contributed by atoms with E-state index < -0.39 is 30.5 Å². The normalized spacial score (nSPS) is 15.3. The molecule has 1 aromatic rings. The van der Waals surface area contributed by atoms with Crippen molar-refractivity contribution in [3.05, 3.63) is 32.3 Å². The molecule has 1 aromatic carbocycles. The summed E-state index contributed by atoms with van der Waals surface area (Å²) >= 11 is 2.94. The number of carbonyl (C=O) groups is 1. The zero-order valence-electron chi connectivity index (χ0n) is 10.4. The number of hydrogen-bond acceptors (Lipinski definition) is 6. The molecule has 0 spiro atoms. The van der Waals surface area contributed by atoms with Crippen molar-refractivity contribution in [1.82, 2.24) is 0 Å². The molecule has 7 nitrogen and oxygen atoms in total. The number of nitro groups is 1. The number of halogens is 2. The van der Waals surface area contributed by atoms with Crippen molar-refractivity contribution >= 4 is 47.3 Å². The molecule has 0 radical (unpaired) electrons. The number of hydrogen-bond donors (Lipinski definition) is 0. The van der Waals surface area contributed by atoms with Gasteiger partial charge in [-0.25, -0.2) is 13.2 Å². The van der Waals surface area contributed by atoms with Crippen LogP contribution in [0, 0.1) is 10.1 Å². The average Bonchev–Trinajstić information content (AvgIpc) is 2.32. The molecule has 1 aliphatic carbocycles. The van der Waals surface area contributed by atoms with Gasteiger partial charge in [0, 0.05) is 22.8 Å². The zero-order chi connectivity index (χ0) is 15.8. The minimum absolute atomic E-state index is 0.146. The molecule has 0 saturated heterocycles. The quantitative estimate of drug-likeness (QED) is 0.334. The van der Waals surface area contributed by atoms with Crippen molar-refractivity contribution in [3.8, 4) is 0 Å². The number of non-ortho nitro benzene ring substituents is 1. The predicted octanol–water partition coefficient (Wildman–Crippen LogP) is 2.99. The molecule has 0 bridgehead atoms. The van der Waals surface area contributed by atoms with Crippen molar-refractivity contribution in [1.29, 1.82) is 0 Å². The highest BCUT2D eigenvalue weighted by Crippen LogP contribution is 2.34. The Morgan fingerprint density at radius 1 is 1.43 bits per heavy atom. The van der Waals surface area contributed by atoms with Crippen molar-refractivity contribution in [3.63, 3.8) is 0 Å². The summed E-state index contributed by atoms with van der Waals surface area (Å²) in [7, 11) is 0.976. The molecule has 0 aromatic heterocycles. The van der Waals surface area contributed by atoms with E-state index in [0.717, 1.165) is 31.4 Å². The lowest BCUT2D eigenvalue weighted by Gasteiger charge is -2.25. The van der Waals surface area contributed by atoms with Crippen LogP contribution in [0.15, 0.2) is 21.5 Å². The summed E-state index contributed by atoms with van der Waals surface area (Å²) < 4.78 is 27.9. The minimum atomic E-state index is -4.25. The van der Waals surface area contributed by atoms with E-state index in [1.54, 1.807) is 0 Å². The number of nitrogens with zero attached hydrogens (tertiary/aromatic N) is 1. The van der Waals surface area contributed by atoms with Crippen LogP contribution in [0.25, 0.3) is 0 Å². The third-order valence-electron chi connectivity index (χ3n) is 3.04. The van der Waals surface area contributed by atoms with Crippen LogP contribution in [-0.4, -0.2) is 25.4 Å². The smallest absolute Gasteiger partial charge is 0.339 e. The third kappa shape index (κ3) is 3.53. The van der Waals surface area contributed by atoms with Gasteiger partial charge in [0.2, 0.25) is 0 Å². The summed E-state index contributed by atoms with van der Waals surface area (Å²) in [6, 6.07) is 1.74. The van der Waals surface area contributed by atoms with E-state index in [1.165, 1.54) is 0 Å². The van der Waals surface area contributed by atoms with E-state index >= 15 is 0 Å². The minimum Gasteiger partial charge on any atom is -0.459 e.